The summed E-state index contributed by atoms with van der Waals surface area (Å²) in [7, 11) is -1.94. The van der Waals surface area contributed by atoms with Gasteiger partial charge in [0, 0.05) is 0 Å². The van der Waals surface area contributed by atoms with Crippen LogP contribution in [0.4, 0.5) is 11.4 Å². The minimum absolute atomic E-state index is 0.0635. The zero-order valence-electron chi connectivity index (χ0n) is 14.2. The van der Waals surface area contributed by atoms with Gasteiger partial charge in [0.25, 0.3) is 0 Å². The topological polar surface area (TPSA) is 120 Å². The van der Waals surface area contributed by atoms with Gasteiger partial charge in [0.2, 0.25) is 15.9 Å². The molecule has 0 aliphatic rings. The lowest BCUT2D eigenvalue weighted by Gasteiger charge is -2.02. The van der Waals surface area contributed by atoms with Crippen LogP contribution in [0.3, 0.4) is 0 Å². The fourth-order valence-electron chi connectivity index (χ4n) is 2.73. The third-order valence-corrected chi connectivity index (χ3v) is 6.28. The molecule has 2 aromatic heterocycles. The average Bonchev–Trinajstić information content (AvgIpc) is 3.24. The molecular formula is C17H15N5O3S2. The normalized spacial score (nSPS) is 12.5. The molecule has 10 heteroatoms. The van der Waals surface area contributed by atoms with Crippen molar-refractivity contribution in [2.75, 3.05) is 7.05 Å². The number of aromatic hydroxyl groups is 1. The Hall–Kier alpha value is -2.82. The van der Waals surface area contributed by atoms with Crippen molar-refractivity contribution in [1.29, 1.82) is 0 Å². The lowest BCUT2D eigenvalue weighted by atomic mass is 10.2. The van der Waals surface area contributed by atoms with E-state index >= 15 is 0 Å². The smallest absolute Gasteiger partial charge is 0.218 e. The predicted molar refractivity (Wildman–Crippen MR) is 105 cm³/mol. The first-order valence-electron chi connectivity index (χ1n) is 7.95. The molecule has 8 nitrogen and oxygen atoms in total. The molecule has 0 saturated carbocycles. The molecule has 2 aromatic carbocycles. The molecule has 0 radical (unpaired) electrons. The van der Waals surface area contributed by atoms with Crippen molar-refractivity contribution in [1.82, 2.24) is 14.7 Å². The minimum Gasteiger partial charge on any atom is -0.493 e. The summed E-state index contributed by atoms with van der Waals surface area (Å²) in [5.74, 6) is -0.167. The Morgan fingerprint density at radius 3 is 2.70 bits per heavy atom. The standard InChI is InChI=1S/C17H15N5O3S2/c1-18-27(24,25)8-10-2-4-11(5-3-10)21-22-15-14-12(20-17(15)23)6-7-13-16(14)26-9-19-13/h2-7,9,18,20,23H,8H2,1H3. The molecule has 138 valence electrons. The number of hydrogen-bond donors (Lipinski definition) is 3. The van der Waals surface area contributed by atoms with Gasteiger partial charge in [0.15, 0.2) is 5.69 Å². The van der Waals surface area contributed by atoms with Gasteiger partial charge in [-0.05, 0) is 36.9 Å². The van der Waals surface area contributed by atoms with Gasteiger partial charge in [-0.25, -0.2) is 18.1 Å². The summed E-state index contributed by atoms with van der Waals surface area (Å²) in [6.07, 6.45) is 0. The van der Waals surface area contributed by atoms with Crippen LogP contribution < -0.4 is 4.72 Å². The summed E-state index contributed by atoms with van der Waals surface area (Å²) in [5.41, 5.74) is 4.87. The van der Waals surface area contributed by atoms with E-state index in [2.05, 4.69) is 24.9 Å². The first kappa shape index (κ1) is 17.6. The van der Waals surface area contributed by atoms with Crippen molar-refractivity contribution in [2.24, 2.45) is 10.2 Å². The maximum atomic E-state index is 11.6. The monoisotopic (exact) mass is 401 g/mol. The molecular weight excluding hydrogens is 386 g/mol. The highest BCUT2D eigenvalue weighted by atomic mass is 32.2. The number of aromatic amines is 1. The third kappa shape index (κ3) is 3.42. The van der Waals surface area contributed by atoms with E-state index in [1.54, 1.807) is 29.8 Å². The SMILES string of the molecule is CNS(=O)(=O)Cc1ccc(N=Nc2c(O)[nH]c3ccc4ncsc4c23)cc1. The first-order chi connectivity index (χ1) is 13.0. The average molecular weight is 401 g/mol. The Morgan fingerprint density at radius 2 is 1.96 bits per heavy atom. The Kier molecular flexibility index (Phi) is 4.38. The van der Waals surface area contributed by atoms with Gasteiger partial charge < -0.3 is 10.1 Å². The first-order valence-corrected chi connectivity index (χ1v) is 10.5. The van der Waals surface area contributed by atoms with Gasteiger partial charge in [-0.2, -0.15) is 5.11 Å². The molecule has 4 aromatic rings. The van der Waals surface area contributed by atoms with Crippen LogP contribution in [0.2, 0.25) is 0 Å². The van der Waals surface area contributed by atoms with E-state index in [1.807, 2.05) is 12.1 Å². The highest BCUT2D eigenvalue weighted by molar-refractivity contribution is 7.88. The van der Waals surface area contributed by atoms with E-state index in [4.69, 9.17) is 0 Å². The number of nitrogens with zero attached hydrogens (tertiary/aromatic N) is 3. The van der Waals surface area contributed by atoms with Gasteiger partial charge >= 0.3 is 0 Å². The Labute approximate surface area is 158 Å². The van der Waals surface area contributed by atoms with E-state index in [-0.39, 0.29) is 11.6 Å². The quantitative estimate of drug-likeness (QED) is 0.439. The minimum atomic E-state index is -3.32. The summed E-state index contributed by atoms with van der Waals surface area (Å²) in [6, 6.07) is 10.4. The molecule has 0 bridgehead atoms. The summed E-state index contributed by atoms with van der Waals surface area (Å²) in [4.78, 5) is 7.17. The number of fused-ring (bicyclic) bond motifs is 3. The molecule has 0 aliphatic carbocycles. The molecule has 0 fully saturated rings. The third-order valence-electron chi connectivity index (χ3n) is 4.08. The second-order valence-corrected chi connectivity index (χ2v) is 8.62. The zero-order chi connectivity index (χ0) is 19.0. The maximum absolute atomic E-state index is 11.6. The van der Waals surface area contributed by atoms with Crippen LogP contribution >= 0.6 is 11.3 Å². The summed E-state index contributed by atoms with van der Waals surface area (Å²) in [6.45, 7) is 0. The van der Waals surface area contributed by atoms with Crippen LogP contribution in [0.25, 0.3) is 21.1 Å². The molecule has 0 unspecified atom stereocenters. The fourth-order valence-corrected chi connectivity index (χ4v) is 4.34. The van der Waals surface area contributed by atoms with Crippen LogP contribution in [0.5, 0.6) is 5.88 Å². The summed E-state index contributed by atoms with van der Waals surface area (Å²) in [5, 5.41) is 19.4. The number of hydrogen-bond acceptors (Lipinski definition) is 7. The largest absolute Gasteiger partial charge is 0.493 e. The van der Waals surface area contributed by atoms with E-state index in [0.717, 1.165) is 21.1 Å². The molecule has 0 saturated heterocycles. The van der Waals surface area contributed by atoms with Crippen LogP contribution in [0, 0.1) is 0 Å². The highest BCUT2D eigenvalue weighted by Crippen LogP contribution is 2.41. The van der Waals surface area contributed by atoms with Crippen LogP contribution in [0.15, 0.2) is 52.1 Å². The number of H-pyrrole nitrogens is 1. The van der Waals surface area contributed by atoms with Crippen molar-refractivity contribution >= 4 is 53.9 Å². The van der Waals surface area contributed by atoms with Crippen molar-refractivity contribution < 1.29 is 13.5 Å². The number of thiazole rings is 1. The molecule has 27 heavy (non-hydrogen) atoms. The summed E-state index contributed by atoms with van der Waals surface area (Å²) >= 11 is 1.47. The summed E-state index contributed by atoms with van der Waals surface area (Å²) < 4.78 is 26.4. The molecule has 4 rings (SSSR count). The zero-order valence-corrected chi connectivity index (χ0v) is 15.8. The van der Waals surface area contributed by atoms with Gasteiger partial charge in [-0.1, -0.05) is 12.1 Å². The number of benzene rings is 2. The van der Waals surface area contributed by atoms with Gasteiger partial charge in [0.1, 0.15) is 0 Å². The lowest BCUT2D eigenvalue weighted by Crippen LogP contribution is -2.20. The number of nitrogens with one attached hydrogen (secondary N) is 2. The molecule has 0 spiro atoms. The van der Waals surface area contributed by atoms with Crippen molar-refractivity contribution in [3.8, 4) is 5.88 Å². The molecule has 0 atom stereocenters. The molecule has 0 amide bonds. The number of sulfonamides is 1. The highest BCUT2D eigenvalue weighted by Gasteiger charge is 2.15. The second-order valence-electron chi connectivity index (χ2n) is 5.84. The van der Waals surface area contributed by atoms with Crippen LogP contribution in [0.1, 0.15) is 5.56 Å². The Bertz CT molecular complexity index is 1260. The Balaban J connectivity index is 1.67. The van der Waals surface area contributed by atoms with Gasteiger partial charge in [-0.3, -0.25) is 0 Å². The predicted octanol–water partition coefficient (Wildman–Crippen LogP) is 3.95. The molecule has 0 aliphatic heterocycles. The fraction of sp³-hybridized carbons (Fsp3) is 0.118. The van der Waals surface area contributed by atoms with Crippen molar-refractivity contribution in [3.05, 3.63) is 47.5 Å². The van der Waals surface area contributed by atoms with Crippen LogP contribution in [-0.4, -0.2) is 30.5 Å². The number of rotatable bonds is 5. The van der Waals surface area contributed by atoms with Gasteiger partial charge in [0.05, 0.1) is 38.1 Å². The van der Waals surface area contributed by atoms with E-state index in [1.165, 1.54) is 18.4 Å². The van der Waals surface area contributed by atoms with Crippen LogP contribution in [-0.2, 0) is 15.8 Å². The van der Waals surface area contributed by atoms with E-state index in [9.17, 15) is 13.5 Å². The van der Waals surface area contributed by atoms with E-state index < -0.39 is 10.0 Å². The molecule has 3 N–H and O–H groups in total. The number of azo groups is 1. The van der Waals surface area contributed by atoms with Crippen molar-refractivity contribution in [2.45, 2.75) is 5.75 Å². The number of aromatic nitrogens is 2. The van der Waals surface area contributed by atoms with Crippen molar-refractivity contribution in [3.63, 3.8) is 0 Å². The van der Waals surface area contributed by atoms with E-state index in [0.29, 0.717) is 16.9 Å². The van der Waals surface area contributed by atoms with Gasteiger partial charge in [-0.15, -0.1) is 16.5 Å². The maximum Gasteiger partial charge on any atom is 0.218 e. The Morgan fingerprint density at radius 1 is 1.19 bits per heavy atom. The molecule has 2 heterocycles. The second kappa shape index (κ2) is 6.72. The lowest BCUT2D eigenvalue weighted by molar-refractivity contribution is 0.459.